The van der Waals surface area contributed by atoms with Crippen LogP contribution in [0.3, 0.4) is 0 Å². The molecule has 17 heavy (non-hydrogen) atoms. The monoisotopic (exact) mass is 312 g/mol. The van der Waals surface area contributed by atoms with Crippen molar-refractivity contribution in [1.82, 2.24) is 4.98 Å². The normalized spacial score (nSPS) is 9.06. The van der Waals surface area contributed by atoms with Crippen molar-refractivity contribution in [1.29, 1.82) is 0 Å². The largest absolute Gasteiger partial charge is 0.384 e. The molecule has 1 heterocycles. The Morgan fingerprint density at radius 3 is 2.35 bits per heavy atom. The number of carbonyl (C=O) groups is 1. The molecule has 3 nitrogen and oxygen atoms in total. The molecule has 0 aliphatic carbocycles. The van der Waals surface area contributed by atoms with Crippen molar-refractivity contribution in [2.75, 3.05) is 5.73 Å². The second-order valence-electron chi connectivity index (χ2n) is 3.04. The highest BCUT2D eigenvalue weighted by Gasteiger charge is 1.92. The van der Waals surface area contributed by atoms with Crippen LogP contribution in [0.4, 0.5) is 5.82 Å². The smallest absolute Gasteiger partial charge is 0.151 e. The van der Waals surface area contributed by atoms with E-state index in [0.717, 1.165) is 10.8 Å². The minimum absolute atomic E-state index is 0.507. The molecule has 0 unspecified atom stereocenters. The molecule has 0 saturated carbocycles. The Kier molecular flexibility index (Phi) is 5.66. The molecule has 0 fully saturated rings. The van der Waals surface area contributed by atoms with Crippen LogP contribution in [0.25, 0.3) is 0 Å². The number of carbonyl (C=O) groups excluding carboxylic acids is 1. The highest BCUT2D eigenvalue weighted by Crippen LogP contribution is 2.11. The van der Waals surface area contributed by atoms with Gasteiger partial charge in [0.25, 0.3) is 0 Å². The fraction of sp³-hybridized carbons (Fsp3) is 0. The summed E-state index contributed by atoms with van der Waals surface area (Å²) in [5.41, 5.74) is 5.84. The molecular formula is C12H10BrClN2O. The van der Waals surface area contributed by atoms with Gasteiger partial charge >= 0.3 is 0 Å². The summed E-state index contributed by atoms with van der Waals surface area (Å²) in [6, 6.07) is 10.5. The first-order valence-corrected chi connectivity index (χ1v) is 5.87. The summed E-state index contributed by atoms with van der Waals surface area (Å²) in [5, 5.41) is 0.507. The first-order valence-electron chi connectivity index (χ1n) is 4.70. The number of anilines is 1. The lowest BCUT2D eigenvalue weighted by atomic mass is 10.2. The number of halogens is 2. The third-order valence-electron chi connectivity index (χ3n) is 1.78. The van der Waals surface area contributed by atoms with Gasteiger partial charge in [0, 0.05) is 16.2 Å². The number of nitrogen functional groups attached to an aromatic ring is 1. The highest BCUT2D eigenvalue weighted by molar-refractivity contribution is 9.10. The molecule has 0 aliphatic heterocycles. The number of aromatic nitrogens is 1. The van der Waals surface area contributed by atoms with Crippen LogP contribution >= 0.6 is 27.5 Å². The fourth-order valence-electron chi connectivity index (χ4n) is 0.958. The molecule has 2 rings (SSSR count). The van der Waals surface area contributed by atoms with Crippen molar-refractivity contribution in [3.8, 4) is 0 Å². The molecule has 0 aliphatic rings. The van der Waals surface area contributed by atoms with Crippen molar-refractivity contribution in [2.45, 2.75) is 0 Å². The zero-order valence-corrected chi connectivity index (χ0v) is 11.1. The molecule has 2 aromatic rings. The van der Waals surface area contributed by atoms with E-state index in [9.17, 15) is 4.79 Å². The molecule has 5 heteroatoms. The number of nitrogens with two attached hydrogens (primary N) is 1. The fourth-order valence-corrected chi connectivity index (χ4v) is 1.37. The summed E-state index contributed by atoms with van der Waals surface area (Å²) in [5.74, 6) is 0.549. The van der Waals surface area contributed by atoms with E-state index < -0.39 is 0 Å². The van der Waals surface area contributed by atoms with Gasteiger partial charge in [-0.2, -0.15) is 0 Å². The lowest BCUT2D eigenvalue weighted by molar-refractivity contribution is 0.112. The van der Waals surface area contributed by atoms with E-state index in [4.69, 9.17) is 17.3 Å². The molecule has 0 bridgehead atoms. The van der Waals surface area contributed by atoms with Gasteiger partial charge in [-0.25, -0.2) is 4.98 Å². The van der Waals surface area contributed by atoms with E-state index in [1.807, 2.05) is 6.07 Å². The summed E-state index contributed by atoms with van der Waals surface area (Å²) in [6.07, 6.45) is 2.40. The second kappa shape index (κ2) is 7.04. The van der Waals surface area contributed by atoms with Gasteiger partial charge in [-0.15, -0.1) is 0 Å². The standard InChI is InChI=1S/C7H5ClO.C5H5BrN2/c8-7-4-2-1-3-6(7)5-9;6-4-1-2-5(7)8-3-4/h1-5H;1-3H,(H2,7,8). The number of rotatable bonds is 1. The van der Waals surface area contributed by atoms with Gasteiger partial charge in [-0.3, -0.25) is 4.79 Å². The number of hydrogen-bond donors (Lipinski definition) is 1. The summed E-state index contributed by atoms with van der Waals surface area (Å²) in [6.45, 7) is 0. The summed E-state index contributed by atoms with van der Waals surface area (Å²) in [4.78, 5) is 14.0. The predicted octanol–water partition coefficient (Wildman–Crippen LogP) is 3.58. The van der Waals surface area contributed by atoms with Crippen LogP contribution < -0.4 is 5.73 Å². The zero-order valence-electron chi connectivity index (χ0n) is 8.81. The Hall–Kier alpha value is -1.39. The maximum Gasteiger partial charge on any atom is 0.151 e. The zero-order chi connectivity index (χ0) is 12.7. The van der Waals surface area contributed by atoms with Crippen LogP contribution in [0.1, 0.15) is 10.4 Å². The molecule has 0 amide bonds. The molecular weight excluding hydrogens is 304 g/mol. The number of pyridine rings is 1. The molecule has 1 aromatic carbocycles. The lowest BCUT2D eigenvalue weighted by Gasteiger charge is -1.90. The van der Waals surface area contributed by atoms with Crippen LogP contribution in [0, 0.1) is 0 Å². The summed E-state index contributed by atoms with van der Waals surface area (Å²) in [7, 11) is 0. The maximum atomic E-state index is 10.1. The maximum absolute atomic E-state index is 10.1. The van der Waals surface area contributed by atoms with Crippen LogP contribution in [0.2, 0.25) is 5.02 Å². The van der Waals surface area contributed by atoms with Gasteiger partial charge in [0.2, 0.25) is 0 Å². The number of benzene rings is 1. The lowest BCUT2D eigenvalue weighted by Crippen LogP contribution is -1.86. The van der Waals surface area contributed by atoms with Crippen molar-refractivity contribution >= 4 is 39.6 Å². The Morgan fingerprint density at radius 1 is 1.24 bits per heavy atom. The second-order valence-corrected chi connectivity index (χ2v) is 4.36. The van der Waals surface area contributed by atoms with E-state index in [1.165, 1.54) is 0 Å². The average Bonchev–Trinajstić information content (AvgIpc) is 2.34. The molecule has 1 aromatic heterocycles. The van der Waals surface area contributed by atoms with Gasteiger partial charge in [-0.05, 0) is 34.1 Å². The molecule has 0 saturated heterocycles. The third kappa shape index (κ3) is 4.97. The SMILES string of the molecule is Nc1ccc(Br)cn1.O=Cc1ccccc1Cl. The topological polar surface area (TPSA) is 56.0 Å². The van der Waals surface area contributed by atoms with E-state index >= 15 is 0 Å². The van der Waals surface area contributed by atoms with Gasteiger partial charge in [0.05, 0.1) is 5.02 Å². The third-order valence-corrected chi connectivity index (χ3v) is 2.60. The molecule has 0 spiro atoms. The quantitative estimate of drug-likeness (QED) is 0.819. The van der Waals surface area contributed by atoms with Gasteiger partial charge in [-0.1, -0.05) is 29.8 Å². The average molecular weight is 314 g/mol. The van der Waals surface area contributed by atoms with Gasteiger partial charge in [0.15, 0.2) is 6.29 Å². The molecule has 0 atom stereocenters. The Labute approximate surface area is 113 Å². The minimum Gasteiger partial charge on any atom is -0.384 e. The van der Waals surface area contributed by atoms with Crippen molar-refractivity contribution in [3.05, 3.63) is 57.7 Å². The predicted molar refractivity (Wildman–Crippen MR) is 73.2 cm³/mol. The number of nitrogens with zero attached hydrogens (tertiary/aromatic N) is 1. The van der Waals surface area contributed by atoms with E-state index in [-0.39, 0.29) is 0 Å². The molecule has 2 N–H and O–H groups in total. The van der Waals surface area contributed by atoms with Crippen LogP contribution in [-0.2, 0) is 0 Å². The van der Waals surface area contributed by atoms with Crippen molar-refractivity contribution in [3.63, 3.8) is 0 Å². The summed E-state index contributed by atoms with van der Waals surface area (Å²) >= 11 is 8.82. The van der Waals surface area contributed by atoms with Crippen LogP contribution in [0.15, 0.2) is 47.1 Å². The van der Waals surface area contributed by atoms with E-state index in [0.29, 0.717) is 16.4 Å². The summed E-state index contributed by atoms with van der Waals surface area (Å²) < 4.78 is 0.951. The van der Waals surface area contributed by atoms with Gasteiger partial charge in [0.1, 0.15) is 5.82 Å². The van der Waals surface area contributed by atoms with Crippen LogP contribution in [-0.4, -0.2) is 11.3 Å². The highest BCUT2D eigenvalue weighted by atomic mass is 79.9. The van der Waals surface area contributed by atoms with E-state index in [1.54, 1.807) is 36.5 Å². The minimum atomic E-state index is 0.507. The number of hydrogen-bond acceptors (Lipinski definition) is 3. The molecule has 88 valence electrons. The van der Waals surface area contributed by atoms with E-state index in [2.05, 4.69) is 20.9 Å². The Bertz CT molecular complexity index is 467. The van der Waals surface area contributed by atoms with Crippen molar-refractivity contribution in [2.24, 2.45) is 0 Å². The van der Waals surface area contributed by atoms with Crippen molar-refractivity contribution < 1.29 is 4.79 Å². The van der Waals surface area contributed by atoms with Gasteiger partial charge < -0.3 is 5.73 Å². The Balaban J connectivity index is 0.000000171. The molecule has 0 radical (unpaired) electrons. The Morgan fingerprint density at radius 2 is 1.94 bits per heavy atom. The first kappa shape index (κ1) is 13.7. The first-order chi connectivity index (χ1) is 8.13. The number of aldehydes is 1. The van der Waals surface area contributed by atoms with Crippen LogP contribution in [0.5, 0.6) is 0 Å².